The third-order valence-electron chi connectivity index (χ3n) is 5.60. The fraction of sp³-hybridized carbons (Fsp3) is 0.120. The number of aromatic nitrogens is 5. The van der Waals surface area contributed by atoms with Crippen molar-refractivity contribution < 1.29 is 13.6 Å². The van der Waals surface area contributed by atoms with E-state index < -0.39 is 23.6 Å². The molecule has 0 radical (unpaired) electrons. The number of thiophene rings is 1. The first kappa shape index (κ1) is 24.1. The van der Waals surface area contributed by atoms with Gasteiger partial charge in [0.05, 0.1) is 34.9 Å². The van der Waals surface area contributed by atoms with Gasteiger partial charge in [0, 0.05) is 22.7 Å². The van der Waals surface area contributed by atoms with Crippen LogP contribution in [0.15, 0.2) is 61.3 Å². The number of halogens is 2. The normalized spacial score (nSPS) is 11.9. The summed E-state index contributed by atoms with van der Waals surface area (Å²) in [6.45, 7) is 2.06. The summed E-state index contributed by atoms with van der Waals surface area (Å²) in [5.41, 5.74) is 7.89. The lowest BCUT2D eigenvalue weighted by molar-refractivity contribution is 0.0935. The molecule has 1 amide bonds. The van der Waals surface area contributed by atoms with Gasteiger partial charge in [0.25, 0.3) is 5.91 Å². The van der Waals surface area contributed by atoms with E-state index in [-0.39, 0.29) is 5.69 Å². The van der Waals surface area contributed by atoms with Crippen molar-refractivity contribution in [2.45, 2.75) is 19.5 Å². The molecule has 4 N–H and O–H groups in total. The maximum Gasteiger partial charge on any atom is 0.274 e. The first-order valence-corrected chi connectivity index (χ1v) is 12.0. The summed E-state index contributed by atoms with van der Waals surface area (Å²) in [4.78, 5) is 35.9. The van der Waals surface area contributed by atoms with E-state index in [1.54, 1.807) is 13.1 Å². The third kappa shape index (κ3) is 5.19. The number of nitrogen functional groups attached to an aromatic ring is 1. The van der Waals surface area contributed by atoms with Gasteiger partial charge in [-0.1, -0.05) is 6.07 Å². The number of pyridine rings is 1. The van der Waals surface area contributed by atoms with Crippen LogP contribution in [-0.2, 0) is 6.54 Å². The van der Waals surface area contributed by atoms with Crippen LogP contribution in [0.2, 0.25) is 0 Å². The molecule has 186 valence electrons. The van der Waals surface area contributed by atoms with Gasteiger partial charge in [0.1, 0.15) is 12.1 Å². The highest BCUT2D eigenvalue weighted by Gasteiger charge is 2.18. The zero-order chi connectivity index (χ0) is 25.9. The molecule has 9 nitrogen and oxygen atoms in total. The number of anilines is 2. The van der Waals surface area contributed by atoms with Crippen molar-refractivity contribution in [3.8, 4) is 10.6 Å². The largest absolute Gasteiger partial charge is 0.383 e. The van der Waals surface area contributed by atoms with Crippen LogP contribution in [0.25, 0.3) is 21.5 Å². The Labute approximate surface area is 213 Å². The Bertz CT molecular complexity index is 1610. The van der Waals surface area contributed by atoms with Crippen LogP contribution in [0.4, 0.5) is 20.4 Å². The molecule has 1 atom stereocenters. The van der Waals surface area contributed by atoms with Gasteiger partial charge in [-0.15, -0.1) is 11.3 Å². The van der Waals surface area contributed by atoms with Crippen LogP contribution in [0.3, 0.4) is 0 Å². The average molecular weight is 519 g/mol. The summed E-state index contributed by atoms with van der Waals surface area (Å²) in [5, 5.41) is 6.63. The quantitative estimate of drug-likeness (QED) is 0.287. The molecule has 0 aliphatic rings. The van der Waals surface area contributed by atoms with Gasteiger partial charge in [0.15, 0.2) is 23.1 Å². The summed E-state index contributed by atoms with van der Waals surface area (Å²) in [7, 11) is 0. The highest BCUT2D eigenvalue weighted by molar-refractivity contribution is 7.15. The molecule has 37 heavy (non-hydrogen) atoms. The summed E-state index contributed by atoms with van der Waals surface area (Å²) in [6, 6.07) is 8.66. The van der Waals surface area contributed by atoms with Gasteiger partial charge in [-0.2, -0.15) is 0 Å². The van der Waals surface area contributed by atoms with Gasteiger partial charge < -0.3 is 16.4 Å². The first-order chi connectivity index (χ1) is 17.9. The number of hydrogen-bond donors (Lipinski definition) is 3. The second-order valence-electron chi connectivity index (χ2n) is 8.09. The van der Waals surface area contributed by atoms with E-state index in [0.717, 1.165) is 33.0 Å². The minimum Gasteiger partial charge on any atom is -0.383 e. The van der Waals surface area contributed by atoms with Crippen LogP contribution in [0.5, 0.6) is 0 Å². The van der Waals surface area contributed by atoms with Crippen molar-refractivity contribution in [3.63, 3.8) is 0 Å². The van der Waals surface area contributed by atoms with Gasteiger partial charge in [0.2, 0.25) is 0 Å². The molecule has 0 bridgehead atoms. The molecule has 12 heteroatoms. The Kier molecular flexibility index (Phi) is 6.64. The highest BCUT2D eigenvalue weighted by Crippen LogP contribution is 2.30. The molecule has 0 fully saturated rings. The van der Waals surface area contributed by atoms with E-state index in [0.29, 0.717) is 29.3 Å². The Balaban J connectivity index is 1.28. The van der Waals surface area contributed by atoms with Gasteiger partial charge in [-0.3, -0.25) is 9.78 Å². The minimum atomic E-state index is -0.980. The molecule has 0 saturated carbocycles. The van der Waals surface area contributed by atoms with Crippen molar-refractivity contribution in [3.05, 3.63) is 89.1 Å². The zero-order valence-corrected chi connectivity index (χ0v) is 20.3. The molecule has 0 saturated heterocycles. The molecule has 4 aromatic heterocycles. The van der Waals surface area contributed by atoms with Crippen LogP contribution < -0.4 is 16.4 Å². The molecule has 0 aliphatic carbocycles. The summed E-state index contributed by atoms with van der Waals surface area (Å²) in [5.74, 6) is -1.75. The predicted molar refractivity (Wildman–Crippen MR) is 137 cm³/mol. The Hall–Kier alpha value is -4.58. The number of fused-ring (bicyclic) bond motifs is 1. The van der Waals surface area contributed by atoms with Crippen molar-refractivity contribution in [2.75, 3.05) is 11.1 Å². The third-order valence-corrected chi connectivity index (χ3v) is 6.71. The highest BCUT2D eigenvalue weighted by atomic mass is 32.1. The fourth-order valence-corrected chi connectivity index (χ4v) is 4.57. The lowest BCUT2D eigenvalue weighted by Gasteiger charge is -2.15. The Morgan fingerprint density at radius 3 is 2.70 bits per heavy atom. The van der Waals surface area contributed by atoms with E-state index in [9.17, 15) is 13.6 Å². The number of benzene rings is 1. The summed E-state index contributed by atoms with van der Waals surface area (Å²) in [6.07, 6.45) is 5.94. The number of nitrogens with zero attached hydrogens (tertiary/aromatic N) is 5. The van der Waals surface area contributed by atoms with Gasteiger partial charge in [-0.25, -0.2) is 28.7 Å². The lowest BCUT2D eigenvalue weighted by Crippen LogP contribution is -2.28. The number of carbonyl (C=O) groups excluding carboxylic acids is 1. The molecule has 0 aliphatic heterocycles. The van der Waals surface area contributed by atoms with Gasteiger partial charge >= 0.3 is 0 Å². The van der Waals surface area contributed by atoms with Crippen molar-refractivity contribution in [2.24, 2.45) is 0 Å². The number of carbonyl (C=O) groups is 1. The van der Waals surface area contributed by atoms with Crippen molar-refractivity contribution >= 4 is 39.8 Å². The van der Waals surface area contributed by atoms with Crippen LogP contribution in [-0.4, -0.2) is 30.8 Å². The van der Waals surface area contributed by atoms with Crippen LogP contribution >= 0.6 is 11.3 Å². The molecule has 0 unspecified atom stereocenters. The molecule has 0 spiro atoms. The van der Waals surface area contributed by atoms with Gasteiger partial charge in [-0.05, 0) is 42.8 Å². The summed E-state index contributed by atoms with van der Waals surface area (Å²) < 4.78 is 26.8. The van der Waals surface area contributed by atoms with Crippen molar-refractivity contribution in [1.29, 1.82) is 0 Å². The number of amides is 1. The average Bonchev–Trinajstić information content (AvgIpc) is 3.38. The van der Waals surface area contributed by atoms with E-state index in [1.165, 1.54) is 36.1 Å². The molecule has 5 rings (SSSR count). The second kappa shape index (κ2) is 10.2. The number of hydrogen-bond acceptors (Lipinski definition) is 9. The lowest BCUT2D eigenvalue weighted by atomic mass is 10.1. The topological polar surface area (TPSA) is 132 Å². The molecular weight excluding hydrogens is 498 g/mol. The maximum absolute atomic E-state index is 13.6. The second-order valence-corrected chi connectivity index (χ2v) is 9.26. The smallest absolute Gasteiger partial charge is 0.274 e. The molecule has 5 aromatic rings. The van der Waals surface area contributed by atoms with E-state index in [1.807, 2.05) is 18.2 Å². The fourth-order valence-electron chi connectivity index (χ4n) is 3.66. The predicted octanol–water partition coefficient (Wildman–Crippen LogP) is 4.51. The van der Waals surface area contributed by atoms with Crippen LogP contribution in [0, 0.1) is 11.6 Å². The molecule has 4 heterocycles. The SMILES string of the molecule is C[C@H](NC(=O)c1nccnc1NCc1ccc(-c2cc3c(N)ncnc3cn2)s1)c1ccc(F)c(F)c1. The number of nitrogens with two attached hydrogens (primary N) is 1. The molecule has 1 aromatic carbocycles. The molecular formula is C25H20F2N8OS. The standard InChI is InChI=1S/C25H20F2N8OS/c1-13(14-2-4-17(26)18(27)8-14)35-25(36)22-24(30-7-6-29-22)32-10-15-3-5-21(37-15)19-9-16-20(11-31-19)33-12-34-23(16)28/h2-9,11-13H,10H2,1H3,(H,30,32)(H,35,36)(H2,28,33,34)/t13-/m0/s1. The zero-order valence-electron chi connectivity index (χ0n) is 19.4. The van der Waals surface area contributed by atoms with Crippen molar-refractivity contribution in [1.82, 2.24) is 30.2 Å². The number of nitrogens with one attached hydrogen (secondary N) is 2. The van der Waals surface area contributed by atoms with E-state index in [4.69, 9.17) is 5.73 Å². The Morgan fingerprint density at radius 1 is 1.03 bits per heavy atom. The van der Waals surface area contributed by atoms with Crippen LogP contribution in [0.1, 0.15) is 33.9 Å². The van der Waals surface area contributed by atoms with E-state index in [2.05, 4.69) is 35.6 Å². The van der Waals surface area contributed by atoms with E-state index >= 15 is 0 Å². The number of rotatable bonds is 7. The first-order valence-electron chi connectivity index (χ1n) is 11.1. The Morgan fingerprint density at radius 2 is 1.86 bits per heavy atom. The summed E-state index contributed by atoms with van der Waals surface area (Å²) >= 11 is 1.52. The maximum atomic E-state index is 13.6. The minimum absolute atomic E-state index is 0.0837. The monoisotopic (exact) mass is 518 g/mol.